The maximum Gasteiger partial charge on any atom is 0.307 e. The monoisotopic (exact) mass is 267 g/mol. The highest BCUT2D eigenvalue weighted by Crippen LogP contribution is 2.27. The molecule has 1 heterocycles. The molecule has 0 aromatic carbocycles. The van der Waals surface area contributed by atoms with Crippen LogP contribution in [0.5, 0.6) is 0 Å². The zero-order valence-electron chi connectivity index (χ0n) is 12.3. The van der Waals surface area contributed by atoms with Crippen molar-refractivity contribution in [1.82, 2.24) is 4.90 Å². The molecule has 0 radical (unpaired) electrons. The average Bonchev–Trinajstić information content (AvgIpc) is 2.64. The molecule has 0 amide bonds. The molecule has 110 valence electrons. The number of aliphatic carboxylic acids is 1. The van der Waals surface area contributed by atoms with Gasteiger partial charge in [-0.2, -0.15) is 0 Å². The van der Waals surface area contributed by atoms with Gasteiger partial charge in [-0.25, -0.2) is 0 Å². The lowest BCUT2D eigenvalue weighted by Gasteiger charge is -2.35. The standard InChI is InChI=1S/C16H29NO2/c1-13-10-15(16(18)19)12-17(11-13)9-8-14-6-4-2-3-5-7-14/h13-15H,2-12H2,1H3,(H,18,19). The Morgan fingerprint density at radius 1 is 1.16 bits per heavy atom. The SMILES string of the molecule is CC1CC(C(=O)O)CN(CCC2CCCCCC2)C1. The summed E-state index contributed by atoms with van der Waals surface area (Å²) in [6.07, 6.45) is 10.6. The lowest BCUT2D eigenvalue weighted by atomic mass is 9.89. The topological polar surface area (TPSA) is 40.5 Å². The summed E-state index contributed by atoms with van der Waals surface area (Å²) in [6.45, 7) is 5.16. The van der Waals surface area contributed by atoms with Gasteiger partial charge in [0.15, 0.2) is 0 Å². The lowest BCUT2D eigenvalue weighted by Crippen LogP contribution is -2.43. The van der Waals surface area contributed by atoms with Gasteiger partial charge in [0.1, 0.15) is 0 Å². The van der Waals surface area contributed by atoms with Crippen LogP contribution in [0.25, 0.3) is 0 Å². The highest BCUT2D eigenvalue weighted by atomic mass is 16.4. The normalized spacial score (nSPS) is 31.0. The van der Waals surface area contributed by atoms with Gasteiger partial charge in [-0.3, -0.25) is 4.79 Å². The number of hydrogen-bond acceptors (Lipinski definition) is 2. The van der Waals surface area contributed by atoms with Crippen molar-refractivity contribution in [3.05, 3.63) is 0 Å². The van der Waals surface area contributed by atoms with E-state index in [4.69, 9.17) is 0 Å². The smallest absolute Gasteiger partial charge is 0.307 e. The number of carboxylic acids is 1. The number of carboxylic acid groups (broad SMARTS) is 1. The van der Waals surface area contributed by atoms with E-state index >= 15 is 0 Å². The van der Waals surface area contributed by atoms with E-state index in [0.717, 1.165) is 32.0 Å². The van der Waals surface area contributed by atoms with Crippen LogP contribution < -0.4 is 0 Å². The Hall–Kier alpha value is -0.570. The van der Waals surface area contributed by atoms with Gasteiger partial charge in [-0.1, -0.05) is 45.4 Å². The van der Waals surface area contributed by atoms with Crippen LogP contribution in [0, 0.1) is 17.8 Å². The molecule has 3 nitrogen and oxygen atoms in total. The van der Waals surface area contributed by atoms with Crippen molar-refractivity contribution in [2.45, 2.75) is 58.3 Å². The van der Waals surface area contributed by atoms with Crippen molar-refractivity contribution in [2.75, 3.05) is 19.6 Å². The Labute approximate surface area is 117 Å². The molecule has 19 heavy (non-hydrogen) atoms. The first-order valence-electron chi connectivity index (χ1n) is 8.10. The summed E-state index contributed by atoms with van der Waals surface area (Å²) in [6, 6.07) is 0. The molecule has 2 atom stereocenters. The Balaban J connectivity index is 1.76. The van der Waals surface area contributed by atoms with E-state index < -0.39 is 5.97 Å². The van der Waals surface area contributed by atoms with E-state index in [0.29, 0.717) is 5.92 Å². The van der Waals surface area contributed by atoms with Gasteiger partial charge >= 0.3 is 5.97 Å². The third-order valence-corrected chi connectivity index (χ3v) is 4.91. The number of hydrogen-bond donors (Lipinski definition) is 1. The molecule has 2 fully saturated rings. The van der Waals surface area contributed by atoms with Crippen molar-refractivity contribution in [1.29, 1.82) is 0 Å². The van der Waals surface area contributed by atoms with Gasteiger partial charge in [0.25, 0.3) is 0 Å². The van der Waals surface area contributed by atoms with Crippen molar-refractivity contribution < 1.29 is 9.90 Å². The fourth-order valence-corrected chi connectivity index (χ4v) is 3.84. The highest BCUT2D eigenvalue weighted by Gasteiger charge is 2.29. The van der Waals surface area contributed by atoms with Crippen LogP contribution in [-0.2, 0) is 4.79 Å². The molecule has 1 aliphatic heterocycles. The van der Waals surface area contributed by atoms with E-state index in [1.165, 1.54) is 44.9 Å². The number of rotatable bonds is 4. The second kappa shape index (κ2) is 7.28. The van der Waals surface area contributed by atoms with E-state index in [1.54, 1.807) is 0 Å². The van der Waals surface area contributed by atoms with Gasteiger partial charge < -0.3 is 10.0 Å². The van der Waals surface area contributed by atoms with Crippen LogP contribution in [0.4, 0.5) is 0 Å². The first-order chi connectivity index (χ1) is 9.15. The zero-order valence-corrected chi connectivity index (χ0v) is 12.3. The third-order valence-electron chi connectivity index (χ3n) is 4.91. The van der Waals surface area contributed by atoms with E-state index in [9.17, 15) is 9.90 Å². The van der Waals surface area contributed by atoms with Crippen LogP contribution in [0.1, 0.15) is 58.3 Å². The lowest BCUT2D eigenvalue weighted by molar-refractivity contribution is -0.144. The molecule has 3 heteroatoms. The fourth-order valence-electron chi connectivity index (χ4n) is 3.84. The maximum absolute atomic E-state index is 11.2. The first kappa shape index (κ1) is 14.8. The van der Waals surface area contributed by atoms with Crippen LogP contribution in [-0.4, -0.2) is 35.6 Å². The van der Waals surface area contributed by atoms with Crippen molar-refractivity contribution in [3.8, 4) is 0 Å². The summed E-state index contributed by atoms with van der Waals surface area (Å²) in [5.74, 6) is 0.677. The van der Waals surface area contributed by atoms with Crippen LogP contribution in [0.15, 0.2) is 0 Å². The minimum absolute atomic E-state index is 0.141. The second-order valence-electron chi connectivity index (χ2n) is 6.78. The third kappa shape index (κ3) is 4.79. The number of nitrogens with zero attached hydrogens (tertiary/aromatic N) is 1. The minimum Gasteiger partial charge on any atom is -0.481 e. The molecule has 0 spiro atoms. The van der Waals surface area contributed by atoms with Crippen molar-refractivity contribution in [2.24, 2.45) is 17.8 Å². The van der Waals surface area contributed by atoms with E-state index in [1.807, 2.05) is 0 Å². The van der Waals surface area contributed by atoms with E-state index in [-0.39, 0.29) is 5.92 Å². The molecular formula is C16H29NO2. The van der Waals surface area contributed by atoms with Gasteiger partial charge in [-0.05, 0) is 31.2 Å². The quantitative estimate of drug-likeness (QED) is 0.794. The first-order valence-corrected chi connectivity index (χ1v) is 8.10. The molecule has 1 N–H and O–H groups in total. The van der Waals surface area contributed by atoms with E-state index in [2.05, 4.69) is 11.8 Å². The number of carbonyl (C=O) groups is 1. The molecule has 0 aromatic rings. The van der Waals surface area contributed by atoms with Gasteiger partial charge in [0, 0.05) is 13.1 Å². The zero-order chi connectivity index (χ0) is 13.7. The summed E-state index contributed by atoms with van der Waals surface area (Å²) in [5, 5.41) is 9.20. The summed E-state index contributed by atoms with van der Waals surface area (Å²) in [4.78, 5) is 13.6. The molecule has 2 aliphatic rings. The summed E-state index contributed by atoms with van der Waals surface area (Å²) in [5.41, 5.74) is 0. The van der Waals surface area contributed by atoms with Gasteiger partial charge in [0.05, 0.1) is 5.92 Å². The van der Waals surface area contributed by atoms with Crippen LogP contribution in [0.2, 0.25) is 0 Å². The molecule has 0 bridgehead atoms. The predicted octanol–water partition coefficient (Wildman–Crippen LogP) is 3.39. The fraction of sp³-hybridized carbons (Fsp3) is 0.938. The number of likely N-dealkylation sites (tertiary alicyclic amines) is 1. The summed E-state index contributed by atoms with van der Waals surface area (Å²) >= 11 is 0. The minimum atomic E-state index is -0.606. The molecular weight excluding hydrogens is 238 g/mol. The maximum atomic E-state index is 11.2. The Bertz CT molecular complexity index is 284. The summed E-state index contributed by atoms with van der Waals surface area (Å²) < 4.78 is 0. The molecule has 2 rings (SSSR count). The highest BCUT2D eigenvalue weighted by molar-refractivity contribution is 5.70. The van der Waals surface area contributed by atoms with Crippen LogP contribution in [0.3, 0.4) is 0 Å². The van der Waals surface area contributed by atoms with Gasteiger partial charge in [0.2, 0.25) is 0 Å². The molecule has 1 saturated carbocycles. The average molecular weight is 267 g/mol. The largest absolute Gasteiger partial charge is 0.481 e. The van der Waals surface area contributed by atoms with Crippen LogP contribution >= 0.6 is 0 Å². The molecule has 1 aliphatic carbocycles. The Morgan fingerprint density at radius 2 is 1.84 bits per heavy atom. The molecule has 2 unspecified atom stereocenters. The Morgan fingerprint density at radius 3 is 2.47 bits per heavy atom. The predicted molar refractivity (Wildman–Crippen MR) is 77.2 cm³/mol. The Kier molecular flexibility index (Phi) is 5.68. The summed E-state index contributed by atoms with van der Waals surface area (Å²) in [7, 11) is 0. The van der Waals surface area contributed by atoms with Crippen molar-refractivity contribution in [3.63, 3.8) is 0 Å². The number of piperidine rings is 1. The second-order valence-corrected chi connectivity index (χ2v) is 6.78. The molecule has 0 aromatic heterocycles. The molecule has 1 saturated heterocycles. The van der Waals surface area contributed by atoms with Crippen molar-refractivity contribution >= 4 is 5.97 Å². The van der Waals surface area contributed by atoms with Gasteiger partial charge in [-0.15, -0.1) is 0 Å².